The van der Waals surface area contributed by atoms with E-state index in [4.69, 9.17) is 4.74 Å². The van der Waals surface area contributed by atoms with E-state index in [0.717, 1.165) is 18.7 Å². The summed E-state index contributed by atoms with van der Waals surface area (Å²) in [5, 5.41) is 5.13. The van der Waals surface area contributed by atoms with Crippen molar-refractivity contribution in [3.63, 3.8) is 0 Å². The first kappa shape index (κ1) is 17.9. The van der Waals surface area contributed by atoms with Crippen LogP contribution < -0.4 is 10.1 Å². The summed E-state index contributed by atoms with van der Waals surface area (Å²) in [6.45, 7) is 14.2. The van der Waals surface area contributed by atoms with Crippen LogP contribution in [0.2, 0.25) is 0 Å². The molecule has 0 amide bonds. The fraction of sp³-hybridized carbons (Fsp3) is 0.333. The monoisotopic (exact) mass is 360 g/mol. The van der Waals surface area contributed by atoms with Gasteiger partial charge in [-0.05, 0) is 79.6 Å². The first-order valence-electron chi connectivity index (χ1n) is 9.70. The molecule has 0 saturated heterocycles. The van der Waals surface area contributed by atoms with Crippen molar-refractivity contribution in [2.45, 2.75) is 40.2 Å². The van der Waals surface area contributed by atoms with Gasteiger partial charge in [0.15, 0.2) is 0 Å². The lowest BCUT2D eigenvalue weighted by Gasteiger charge is -2.25. The molecule has 0 aliphatic carbocycles. The number of rotatable bonds is 4. The molecule has 0 bridgehead atoms. The zero-order valence-electron chi connectivity index (χ0n) is 16.7. The number of ether oxygens (including phenoxy) is 1. The quantitative estimate of drug-likeness (QED) is 0.627. The Labute approximate surface area is 161 Å². The molecule has 1 aliphatic heterocycles. The molecule has 27 heavy (non-hydrogen) atoms. The van der Waals surface area contributed by atoms with Gasteiger partial charge < -0.3 is 15.0 Å². The van der Waals surface area contributed by atoms with Crippen LogP contribution in [-0.2, 0) is 6.42 Å². The molecule has 3 heteroatoms. The molecule has 2 aromatic carbocycles. The Kier molecular flexibility index (Phi) is 4.56. The third-order valence-corrected chi connectivity index (χ3v) is 6.17. The van der Waals surface area contributed by atoms with E-state index < -0.39 is 0 Å². The van der Waals surface area contributed by atoms with Crippen molar-refractivity contribution in [2.24, 2.45) is 0 Å². The second-order valence-corrected chi connectivity index (χ2v) is 7.57. The molecule has 3 nitrogen and oxygen atoms in total. The zero-order valence-corrected chi connectivity index (χ0v) is 16.7. The highest BCUT2D eigenvalue weighted by Gasteiger charge is 2.27. The fourth-order valence-corrected chi connectivity index (χ4v) is 4.34. The normalized spacial score (nSPS) is 16.4. The van der Waals surface area contributed by atoms with Crippen LogP contribution in [0.4, 0.5) is 0 Å². The SMILES string of the molecule is C=CCOc1ccc([C@@H]2NCCc3c2[nH]c2c(C)c(C)c(C)c(C)c32)cc1. The summed E-state index contributed by atoms with van der Waals surface area (Å²) in [7, 11) is 0. The summed E-state index contributed by atoms with van der Waals surface area (Å²) >= 11 is 0. The number of fused-ring (bicyclic) bond motifs is 3. The molecule has 140 valence electrons. The minimum Gasteiger partial charge on any atom is -0.490 e. The summed E-state index contributed by atoms with van der Waals surface area (Å²) in [6, 6.07) is 8.60. The zero-order chi connectivity index (χ0) is 19.1. The van der Waals surface area contributed by atoms with Gasteiger partial charge in [0, 0.05) is 23.1 Å². The van der Waals surface area contributed by atoms with Crippen molar-refractivity contribution in [3.8, 4) is 5.75 Å². The van der Waals surface area contributed by atoms with E-state index >= 15 is 0 Å². The van der Waals surface area contributed by atoms with Crippen molar-refractivity contribution < 1.29 is 4.74 Å². The van der Waals surface area contributed by atoms with Crippen LogP contribution in [0.3, 0.4) is 0 Å². The van der Waals surface area contributed by atoms with Gasteiger partial charge in [0.2, 0.25) is 0 Å². The van der Waals surface area contributed by atoms with Crippen LogP contribution in [0, 0.1) is 27.7 Å². The summed E-state index contributed by atoms with van der Waals surface area (Å²) in [4.78, 5) is 3.78. The van der Waals surface area contributed by atoms with E-state index in [0.29, 0.717) is 6.61 Å². The predicted octanol–water partition coefficient (Wildman–Crippen LogP) is 5.20. The van der Waals surface area contributed by atoms with E-state index in [1.165, 1.54) is 50.0 Å². The molecule has 4 rings (SSSR count). The van der Waals surface area contributed by atoms with Crippen molar-refractivity contribution in [2.75, 3.05) is 13.2 Å². The highest BCUT2D eigenvalue weighted by Crippen LogP contribution is 2.38. The van der Waals surface area contributed by atoms with Gasteiger partial charge in [0.25, 0.3) is 0 Å². The average molecular weight is 361 g/mol. The molecule has 0 spiro atoms. The van der Waals surface area contributed by atoms with Crippen molar-refractivity contribution >= 4 is 10.9 Å². The molecule has 0 unspecified atom stereocenters. The lowest BCUT2D eigenvalue weighted by Crippen LogP contribution is -2.30. The highest BCUT2D eigenvalue weighted by atomic mass is 16.5. The van der Waals surface area contributed by atoms with Crippen molar-refractivity contribution in [1.29, 1.82) is 0 Å². The summed E-state index contributed by atoms with van der Waals surface area (Å²) in [5.74, 6) is 0.879. The van der Waals surface area contributed by atoms with Gasteiger partial charge in [-0.25, -0.2) is 0 Å². The van der Waals surface area contributed by atoms with E-state index in [9.17, 15) is 0 Å². The Morgan fingerprint density at radius 2 is 1.74 bits per heavy atom. The van der Waals surface area contributed by atoms with Crippen LogP contribution in [0.1, 0.15) is 45.1 Å². The molecule has 2 heterocycles. The number of benzene rings is 2. The van der Waals surface area contributed by atoms with E-state index in [2.05, 4.69) is 56.7 Å². The lowest BCUT2D eigenvalue weighted by atomic mass is 9.90. The first-order chi connectivity index (χ1) is 13.0. The van der Waals surface area contributed by atoms with Gasteiger partial charge >= 0.3 is 0 Å². The Morgan fingerprint density at radius 1 is 1.04 bits per heavy atom. The van der Waals surface area contributed by atoms with Gasteiger partial charge in [0.05, 0.1) is 6.04 Å². The van der Waals surface area contributed by atoms with Gasteiger partial charge in [-0.2, -0.15) is 0 Å². The standard InChI is InChI=1S/C24H28N2O/c1-6-13-27-19-9-7-18(8-10-19)23-24-20(11-12-25-23)21-16(4)14(2)15(3)17(5)22(21)26-24/h6-10,23,25-26H,1,11-13H2,2-5H3/t23-/m0/s1. The summed E-state index contributed by atoms with van der Waals surface area (Å²) < 4.78 is 5.63. The van der Waals surface area contributed by atoms with Crippen molar-refractivity contribution in [3.05, 3.63) is 76.0 Å². The topological polar surface area (TPSA) is 37.0 Å². The smallest absolute Gasteiger partial charge is 0.119 e. The van der Waals surface area contributed by atoms with E-state index in [1.807, 2.05) is 12.1 Å². The number of nitrogens with one attached hydrogen (secondary N) is 2. The van der Waals surface area contributed by atoms with E-state index in [1.54, 1.807) is 6.08 Å². The first-order valence-corrected chi connectivity index (χ1v) is 9.70. The second kappa shape index (κ2) is 6.90. The Hall–Kier alpha value is -2.52. The van der Waals surface area contributed by atoms with Gasteiger partial charge in [-0.1, -0.05) is 24.8 Å². The number of aromatic nitrogens is 1. The number of hydrogen-bond donors (Lipinski definition) is 2. The number of aryl methyl sites for hydroxylation is 2. The number of aromatic amines is 1. The van der Waals surface area contributed by atoms with Crippen LogP contribution in [-0.4, -0.2) is 18.1 Å². The number of H-pyrrole nitrogens is 1. The summed E-state index contributed by atoms with van der Waals surface area (Å²) in [6.07, 6.45) is 2.83. The van der Waals surface area contributed by atoms with Crippen molar-refractivity contribution in [1.82, 2.24) is 10.3 Å². The lowest BCUT2D eigenvalue weighted by molar-refractivity contribution is 0.363. The van der Waals surface area contributed by atoms with E-state index in [-0.39, 0.29) is 6.04 Å². The fourth-order valence-electron chi connectivity index (χ4n) is 4.34. The molecule has 2 N–H and O–H groups in total. The van der Waals surface area contributed by atoms with Crippen LogP contribution >= 0.6 is 0 Å². The average Bonchev–Trinajstić information content (AvgIpc) is 3.09. The van der Waals surface area contributed by atoms with Gasteiger partial charge in [0.1, 0.15) is 12.4 Å². The predicted molar refractivity (Wildman–Crippen MR) is 113 cm³/mol. The molecular weight excluding hydrogens is 332 g/mol. The number of hydrogen-bond acceptors (Lipinski definition) is 2. The minimum absolute atomic E-state index is 0.189. The molecule has 3 aromatic rings. The largest absolute Gasteiger partial charge is 0.490 e. The highest BCUT2D eigenvalue weighted by molar-refractivity contribution is 5.92. The van der Waals surface area contributed by atoms with Crippen LogP contribution in [0.15, 0.2) is 36.9 Å². The maximum Gasteiger partial charge on any atom is 0.119 e. The maximum absolute atomic E-state index is 5.63. The Morgan fingerprint density at radius 3 is 2.44 bits per heavy atom. The molecule has 0 radical (unpaired) electrons. The maximum atomic E-state index is 5.63. The van der Waals surface area contributed by atoms with Gasteiger partial charge in [-0.3, -0.25) is 0 Å². The molecular formula is C24H28N2O. The molecule has 1 aromatic heterocycles. The third kappa shape index (κ3) is 2.87. The van der Waals surface area contributed by atoms with Crippen LogP contribution in [0.5, 0.6) is 5.75 Å². The molecule has 1 atom stereocenters. The molecule has 0 fully saturated rings. The summed E-state index contributed by atoms with van der Waals surface area (Å²) in [5.41, 5.74) is 11.0. The molecule has 0 saturated carbocycles. The minimum atomic E-state index is 0.189. The molecule has 1 aliphatic rings. The Balaban J connectivity index is 1.81. The van der Waals surface area contributed by atoms with Gasteiger partial charge in [-0.15, -0.1) is 0 Å². The van der Waals surface area contributed by atoms with Crippen LogP contribution in [0.25, 0.3) is 10.9 Å². The Bertz CT molecular complexity index is 1010. The third-order valence-electron chi connectivity index (χ3n) is 6.17. The second-order valence-electron chi connectivity index (χ2n) is 7.57.